The molecule has 0 bridgehead atoms. The zero-order chi connectivity index (χ0) is 33.7. The number of hydrogen-bond acceptors (Lipinski definition) is 10. The van der Waals surface area contributed by atoms with Crippen LogP contribution in [0.25, 0.3) is 0 Å². The lowest BCUT2D eigenvalue weighted by Crippen LogP contribution is -2.58. The highest BCUT2D eigenvalue weighted by Crippen LogP contribution is 2.51. The number of morpholine rings is 1. The Morgan fingerprint density at radius 2 is 1.94 bits per heavy atom. The van der Waals surface area contributed by atoms with Crippen molar-refractivity contribution in [1.82, 2.24) is 15.1 Å². The maximum atomic E-state index is 14.2. The highest BCUT2D eigenvalue weighted by molar-refractivity contribution is 5.96. The number of methoxy groups -OCH3 is 1. The van der Waals surface area contributed by atoms with Gasteiger partial charge in [0.05, 0.1) is 51.6 Å². The number of rotatable bonds is 13. The van der Waals surface area contributed by atoms with Crippen LogP contribution < -0.4 is 14.8 Å². The van der Waals surface area contributed by atoms with E-state index < -0.39 is 30.1 Å². The third kappa shape index (κ3) is 7.95. The number of fused-ring (bicyclic) bond motifs is 3. The predicted octanol–water partition coefficient (Wildman–Crippen LogP) is 1.45. The van der Waals surface area contributed by atoms with Gasteiger partial charge in [-0.15, -0.1) is 0 Å². The first-order valence-corrected chi connectivity index (χ1v) is 17.1. The van der Waals surface area contributed by atoms with Gasteiger partial charge in [-0.25, -0.2) is 0 Å². The van der Waals surface area contributed by atoms with Crippen LogP contribution in [-0.4, -0.2) is 128 Å². The van der Waals surface area contributed by atoms with Gasteiger partial charge in [0.25, 0.3) is 0 Å². The molecular formula is C35H53N3O9. The Kier molecular flexibility index (Phi) is 12.2. The standard InChI is InChI=1S/C35H53N3O9/c1-21(2)24-6-5-22(3)15-28(24)46-20-30(41)38(9-8-37-10-13-45-14-11-37)27-18-26(35(43)36-7-12-39)31-25-16-23(19-40)17-29(44-4)33(25)47-34(31)32(27)42/h16-18,21-22,24,27-28,31-32,34,39-40,42H,5-15,19-20H2,1-4H3,(H,36,43)/t22-,24+,27+,28-,31-,32-,34-/m0/s1. The molecule has 0 radical (unpaired) electrons. The summed E-state index contributed by atoms with van der Waals surface area (Å²) in [6.45, 7) is 9.63. The molecule has 1 saturated heterocycles. The largest absolute Gasteiger partial charge is 0.493 e. The van der Waals surface area contributed by atoms with Gasteiger partial charge in [0.1, 0.15) is 18.8 Å². The topological polar surface area (TPSA) is 150 Å². The van der Waals surface area contributed by atoms with Gasteiger partial charge in [-0.2, -0.15) is 0 Å². The molecule has 7 atom stereocenters. The highest BCUT2D eigenvalue weighted by atomic mass is 16.5. The lowest BCUT2D eigenvalue weighted by Gasteiger charge is -2.42. The second-order valence-electron chi connectivity index (χ2n) is 13.7. The van der Waals surface area contributed by atoms with Gasteiger partial charge in [-0.3, -0.25) is 14.5 Å². The smallest absolute Gasteiger partial charge is 0.249 e. The van der Waals surface area contributed by atoms with E-state index in [1.54, 1.807) is 23.1 Å². The second-order valence-corrected chi connectivity index (χ2v) is 13.7. The van der Waals surface area contributed by atoms with Crippen LogP contribution in [0.4, 0.5) is 0 Å². The molecule has 12 heteroatoms. The van der Waals surface area contributed by atoms with Crippen molar-refractivity contribution in [3.63, 3.8) is 0 Å². The number of amides is 2. The van der Waals surface area contributed by atoms with Crippen molar-refractivity contribution in [3.05, 3.63) is 34.9 Å². The minimum Gasteiger partial charge on any atom is -0.493 e. The predicted molar refractivity (Wildman–Crippen MR) is 174 cm³/mol. The fourth-order valence-corrected chi connectivity index (χ4v) is 7.70. The van der Waals surface area contributed by atoms with Crippen LogP contribution in [0.15, 0.2) is 23.8 Å². The minimum absolute atomic E-state index is 0.0272. The van der Waals surface area contributed by atoms with Gasteiger partial charge in [0, 0.05) is 43.9 Å². The van der Waals surface area contributed by atoms with Crippen LogP contribution in [0.3, 0.4) is 0 Å². The average Bonchev–Trinajstić information content (AvgIpc) is 3.47. The summed E-state index contributed by atoms with van der Waals surface area (Å²) in [4.78, 5) is 31.7. The van der Waals surface area contributed by atoms with Crippen molar-refractivity contribution < 1.29 is 43.9 Å². The van der Waals surface area contributed by atoms with E-state index in [9.17, 15) is 24.9 Å². The molecule has 2 fully saturated rings. The number of nitrogens with zero attached hydrogens (tertiary/aromatic N) is 2. The maximum Gasteiger partial charge on any atom is 0.249 e. The quantitative estimate of drug-likeness (QED) is 0.245. The first kappa shape index (κ1) is 35.6. The number of nitrogens with one attached hydrogen (secondary N) is 1. The number of hydrogen-bond donors (Lipinski definition) is 4. The molecule has 262 valence electrons. The Bertz CT molecular complexity index is 1270. The number of ether oxygens (including phenoxy) is 4. The summed E-state index contributed by atoms with van der Waals surface area (Å²) in [6, 6.07) is 2.54. The van der Waals surface area contributed by atoms with Crippen molar-refractivity contribution in [2.75, 3.05) is 66.3 Å². The van der Waals surface area contributed by atoms with Crippen molar-refractivity contribution in [2.24, 2.45) is 17.8 Å². The third-order valence-corrected chi connectivity index (χ3v) is 10.3. The van der Waals surface area contributed by atoms with E-state index in [2.05, 4.69) is 31.0 Å². The minimum atomic E-state index is -1.18. The number of benzene rings is 1. The van der Waals surface area contributed by atoms with Crippen LogP contribution >= 0.6 is 0 Å². The summed E-state index contributed by atoms with van der Waals surface area (Å²) in [5.74, 6) is 0.727. The summed E-state index contributed by atoms with van der Waals surface area (Å²) >= 11 is 0. The monoisotopic (exact) mass is 659 g/mol. The molecule has 4 N–H and O–H groups in total. The molecule has 2 aliphatic carbocycles. The first-order valence-electron chi connectivity index (χ1n) is 17.1. The highest BCUT2D eigenvalue weighted by Gasteiger charge is 2.51. The molecule has 1 aromatic carbocycles. The summed E-state index contributed by atoms with van der Waals surface area (Å²) < 4.78 is 23.9. The lowest BCUT2D eigenvalue weighted by molar-refractivity contribution is -0.147. The number of aliphatic hydroxyl groups excluding tert-OH is 3. The molecule has 1 saturated carbocycles. The first-order chi connectivity index (χ1) is 22.7. The Hall–Kier alpha value is -2.74. The SMILES string of the molecule is COc1cc(CO)cc2c1O[C@@H]1[C@@H](O)[C@H](N(CCN3CCOCC3)C(=O)CO[C@H]3C[C@@H](C)CC[C@@H]3C(C)C)C=C(C(=O)NCCO)[C@H]21. The van der Waals surface area contributed by atoms with E-state index in [-0.39, 0.29) is 38.4 Å². The van der Waals surface area contributed by atoms with Gasteiger partial charge in [0.15, 0.2) is 11.5 Å². The molecule has 0 aromatic heterocycles. The fraction of sp³-hybridized carbons (Fsp3) is 0.714. The summed E-state index contributed by atoms with van der Waals surface area (Å²) in [7, 11) is 1.50. The second kappa shape index (κ2) is 16.1. The average molecular weight is 660 g/mol. The van der Waals surface area contributed by atoms with E-state index in [4.69, 9.17) is 18.9 Å². The van der Waals surface area contributed by atoms with Crippen molar-refractivity contribution in [2.45, 2.75) is 76.9 Å². The van der Waals surface area contributed by atoms with Crippen molar-refractivity contribution in [3.8, 4) is 11.5 Å². The molecule has 4 aliphatic rings. The van der Waals surface area contributed by atoms with Gasteiger partial charge < -0.3 is 44.5 Å². The molecular weight excluding hydrogens is 606 g/mol. The Morgan fingerprint density at radius 1 is 1.17 bits per heavy atom. The zero-order valence-corrected chi connectivity index (χ0v) is 28.2. The van der Waals surface area contributed by atoms with E-state index in [1.807, 2.05) is 0 Å². The summed E-state index contributed by atoms with van der Waals surface area (Å²) in [5.41, 5.74) is 1.51. The maximum absolute atomic E-state index is 14.2. The van der Waals surface area contributed by atoms with Crippen LogP contribution in [0, 0.1) is 17.8 Å². The third-order valence-electron chi connectivity index (χ3n) is 10.3. The molecule has 2 heterocycles. The van der Waals surface area contributed by atoms with Crippen LogP contribution in [0.1, 0.15) is 57.1 Å². The van der Waals surface area contributed by atoms with Crippen molar-refractivity contribution in [1.29, 1.82) is 0 Å². The van der Waals surface area contributed by atoms with Crippen molar-refractivity contribution >= 4 is 11.8 Å². The van der Waals surface area contributed by atoms with Gasteiger partial charge in [-0.1, -0.05) is 27.2 Å². The van der Waals surface area contributed by atoms with Crippen LogP contribution in [0.2, 0.25) is 0 Å². The van der Waals surface area contributed by atoms with Gasteiger partial charge >= 0.3 is 0 Å². The van der Waals surface area contributed by atoms with E-state index in [1.165, 1.54) is 7.11 Å². The molecule has 2 aliphatic heterocycles. The number of carbonyl (C=O) groups excluding carboxylic acids is 2. The Balaban J connectivity index is 1.47. The molecule has 1 aromatic rings. The number of aliphatic hydroxyl groups is 3. The number of carbonyl (C=O) groups is 2. The molecule has 5 rings (SSSR count). The Morgan fingerprint density at radius 3 is 2.62 bits per heavy atom. The van der Waals surface area contributed by atoms with Gasteiger partial charge in [-0.05, 0) is 54.4 Å². The zero-order valence-electron chi connectivity index (χ0n) is 28.2. The van der Waals surface area contributed by atoms with E-state index in [0.717, 1.165) is 32.4 Å². The molecule has 12 nitrogen and oxygen atoms in total. The van der Waals surface area contributed by atoms with Crippen LogP contribution in [-0.2, 0) is 25.7 Å². The fourth-order valence-electron chi connectivity index (χ4n) is 7.70. The van der Waals surface area contributed by atoms with Crippen LogP contribution in [0.5, 0.6) is 11.5 Å². The molecule has 47 heavy (non-hydrogen) atoms. The molecule has 0 unspecified atom stereocenters. The summed E-state index contributed by atoms with van der Waals surface area (Å²) in [5, 5.41) is 34.1. The van der Waals surface area contributed by atoms with E-state index in [0.29, 0.717) is 72.3 Å². The molecule has 0 spiro atoms. The van der Waals surface area contributed by atoms with E-state index >= 15 is 0 Å². The summed E-state index contributed by atoms with van der Waals surface area (Å²) in [6.07, 6.45) is 2.68. The lowest BCUT2D eigenvalue weighted by atomic mass is 9.75. The van der Waals surface area contributed by atoms with Gasteiger partial charge in [0.2, 0.25) is 11.8 Å². The Labute approximate surface area is 278 Å². The molecule has 2 amide bonds. The normalized spacial score (nSPS) is 29.0.